The minimum atomic E-state index is -0.135. The first-order valence-electron chi connectivity index (χ1n) is 5.84. The van der Waals surface area contributed by atoms with Gasteiger partial charge in [0.05, 0.1) is 12.0 Å². The zero-order valence-corrected chi connectivity index (χ0v) is 10.6. The Morgan fingerprint density at radius 2 is 2.00 bits per heavy atom. The Kier molecular flexibility index (Phi) is 4.71. The van der Waals surface area contributed by atoms with Gasteiger partial charge in [-0.15, -0.1) is 0 Å². The maximum Gasteiger partial charge on any atom is 0.253 e. The second-order valence-corrected chi connectivity index (χ2v) is 4.24. The first-order chi connectivity index (χ1) is 8.08. The summed E-state index contributed by atoms with van der Waals surface area (Å²) in [6.45, 7) is 6.85. The maximum atomic E-state index is 12.2. The molecule has 1 aromatic rings. The van der Waals surface area contributed by atoms with E-state index in [2.05, 4.69) is 6.07 Å². The third-order valence-corrected chi connectivity index (χ3v) is 2.68. The van der Waals surface area contributed by atoms with Crippen molar-refractivity contribution < 1.29 is 4.79 Å². The highest BCUT2D eigenvalue weighted by Crippen LogP contribution is 2.09. The quantitative estimate of drug-likeness (QED) is 0.798. The normalized spacial score (nSPS) is 11.6. The Labute approximate surface area is 103 Å². The highest BCUT2D eigenvalue weighted by molar-refractivity contribution is 5.94. The van der Waals surface area contributed by atoms with Gasteiger partial charge >= 0.3 is 0 Å². The van der Waals surface area contributed by atoms with Crippen LogP contribution in [0.3, 0.4) is 0 Å². The molecule has 17 heavy (non-hydrogen) atoms. The molecular formula is C14H18N2O. The Bertz CT molecular complexity index is 417. The van der Waals surface area contributed by atoms with Crippen LogP contribution in [0, 0.1) is 24.2 Å². The van der Waals surface area contributed by atoms with Crippen LogP contribution in [0.2, 0.25) is 0 Å². The molecule has 0 aliphatic carbocycles. The molecule has 0 saturated carbocycles. The molecule has 0 N–H and O–H groups in total. The van der Waals surface area contributed by atoms with Gasteiger partial charge in [0, 0.05) is 18.7 Å². The number of hydrogen-bond donors (Lipinski definition) is 0. The highest BCUT2D eigenvalue weighted by atomic mass is 16.2. The standard InChI is InChI=1S/C14H18N2O/c1-4-16(10-12(3)9-15)14(17)13-7-5-11(2)6-8-13/h5-8,12H,4,10H2,1-3H3. The topological polar surface area (TPSA) is 44.1 Å². The van der Waals surface area contributed by atoms with Crippen LogP contribution in [-0.4, -0.2) is 23.9 Å². The van der Waals surface area contributed by atoms with Gasteiger partial charge in [-0.25, -0.2) is 0 Å². The van der Waals surface area contributed by atoms with Crippen LogP contribution in [0.15, 0.2) is 24.3 Å². The molecule has 1 aromatic carbocycles. The Morgan fingerprint density at radius 1 is 1.41 bits per heavy atom. The molecule has 1 amide bonds. The first kappa shape index (κ1) is 13.2. The lowest BCUT2D eigenvalue weighted by Crippen LogP contribution is -2.34. The van der Waals surface area contributed by atoms with Crippen molar-refractivity contribution in [1.82, 2.24) is 4.90 Å². The van der Waals surface area contributed by atoms with Crippen LogP contribution >= 0.6 is 0 Å². The molecule has 1 rings (SSSR count). The van der Waals surface area contributed by atoms with Crippen LogP contribution in [0.5, 0.6) is 0 Å². The largest absolute Gasteiger partial charge is 0.338 e. The smallest absolute Gasteiger partial charge is 0.253 e. The Morgan fingerprint density at radius 3 is 2.47 bits per heavy atom. The zero-order valence-electron chi connectivity index (χ0n) is 10.6. The fourth-order valence-corrected chi connectivity index (χ4v) is 1.61. The Balaban J connectivity index is 2.79. The summed E-state index contributed by atoms with van der Waals surface area (Å²) in [5, 5.41) is 8.78. The van der Waals surface area contributed by atoms with Crippen molar-refractivity contribution in [3.63, 3.8) is 0 Å². The van der Waals surface area contributed by atoms with Crippen LogP contribution < -0.4 is 0 Å². The van der Waals surface area contributed by atoms with Gasteiger partial charge in [-0.05, 0) is 32.9 Å². The minimum Gasteiger partial charge on any atom is -0.338 e. The van der Waals surface area contributed by atoms with E-state index < -0.39 is 0 Å². The van der Waals surface area contributed by atoms with E-state index in [1.54, 1.807) is 4.90 Å². The van der Waals surface area contributed by atoms with Crippen molar-refractivity contribution in [3.05, 3.63) is 35.4 Å². The SMILES string of the molecule is CCN(CC(C)C#N)C(=O)c1ccc(C)cc1. The van der Waals surface area contributed by atoms with Gasteiger partial charge in [-0.3, -0.25) is 4.79 Å². The van der Waals surface area contributed by atoms with Crippen LogP contribution in [0.25, 0.3) is 0 Å². The molecule has 1 unspecified atom stereocenters. The van der Waals surface area contributed by atoms with Crippen molar-refractivity contribution in [2.75, 3.05) is 13.1 Å². The molecule has 0 heterocycles. The number of nitrogens with zero attached hydrogens (tertiary/aromatic N) is 2. The average Bonchev–Trinajstić information content (AvgIpc) is 2.35. The van der Waals surface area contributed by atoms with Crippen LogP contribution in [-0.2, 0) is 0 Å². The maximum absolute atomic E-state index is 12.2. The van der Waals surface area contributed by atoms with E-state index in [-0.39, 0.29) is 11.8 Å². The molecule has 90 valence electrons. The summed E-state index contributed by atoms with van der Waals surface area (Å²) in [7, 11) is 0. The van der Waals surface area contributed by atoms with E-state index in [0.717, 1.165) is 5.56 Å². The molecule has 1 atom stereocenters. The lowest BCUT2D eigenvalue weighted by atomic mass is 10.1. The molecule has 3 heteroatoms. The lowest BCUT2D eigenvalue weighted by Gasteiger charge is -2.22. The van der Waals surface area contributed by atoms with Gasteiger partial charge in [0.25, 0.3) is 5.91 Å². The third kappa shape index (κ3) is 3.60. The third-order valence-electron chi connectivity index (χ3n) is 2.68. The van der Waals surface area contributed by atoms with Crippen molar-refractivity contribution in [3.8, 4) is 6.07 Å². The van der Waals surface area contributed by atoms with Crippen LogP contribution in [0.4, 0.5) is 0 Å². The van der Waals surface area contributed by atoms with E-state index >= 15 is 0 Å². The van der Waals surface area contributed by atoms with Crippen LogP contribution in [0.1, 0.15) is 29.8 Å². The number of carbonyl (C=O) groups is 1. The molecule has 0 radical (unpaired) electrons. The molecule has 0 saturated heterocycles. The molecule has 0 aliphatic rings. The summed E-state index contributed by atoms with van der Waals surface area (Å²) in [6, 6.07) is 9.66. The molecule has 0 spiro atoms. The van der Waals surface area contributed by atoms with Crippen molar-refractivity contribution >= 4 is 5.91 Å². The second kappa shape index (κ2) is 6.05. The molecular weight excluding hydrogens is 212 g/mol. The molecule has 0 fully saturated rings. The fraction of sp³-hybridized carbons (Fsp3) is 0.429. The number of nitriles is 1. The van der Waals surface area contributed by atoms with E-state index in [4.69, 9.17) is 5.26 Å². The first-order valence-corrected chi connectivity index (χ1v) is 5.84. The summed E-state index contributed by atoms with van der Waals surface area (Å²) in [5.41, 5.74) is 1.82. The minimum absolute atomic E-state index is 0.00500. The number of aryl methyl sites for hydroxylation is 1. The van der Waals surface area contributed by atoms with Gasteiger partial charge in [-0.2, -0.15) is 5.26 Å². The molecule has 0 aliphatic heterocycles. The molecule has 3 nitrogen and oxygen atoms in total. The number of benzene rings is 1. The predicted octanol–water partition coefficient (Wildman–Crippen LogP) is 2.62. The fourth-order valence-electron chi connectivity index (χ4n) is 1.61. The van der Waals surface area contributed by atoms with E-state index in [0.29, 0.717) is 18.7 Å². The van der Waals surface area contributed by atoms with Crippen molar-refractivity contribution in [2.45, 2.75) is 20.8 Å². The lowest BCUT2D eigenvalue weighted by molar-refractivity contribution is 0.0752. The zero-order chi connectivity index (χ0) is 12.8. The van der Waals surface area contributed by atoms with E-state index in [9.17, 15) is 4.79 Å². The van der Waals surface area contributed by atoms with Gasteiger partial charge < -0.3 is 4.90 Å². The number of hydrogen-bond acceptors (Lipinski definition) is 2. The van der Waals surface area contributed by atoms with Gasteiger partial charge in [0.15, 0.2) is 0 Å². The molecule has 0 bridgehead atoms. The van der Waals surface area contributed by atoms with Crippen molar-refractivity contribution in [1.29, 1.82) is 5.26 Å². The summed E-state index contributed by atoms with van der Waals surface area (Å²) in [4.78, 5) is 13.9. The predicted molar refractivity (Wildman–Crippen MR) is 67.5 cm³/mol. The molecule has 0 aromatic heterocycles. The second-order valence-electron chi connectivity index (χ2n) is 4.24. The summed E-state index contributed by atoms with van der Waals surface area (Å²) >= 11 is 0. The Hall–Kier alpha value is -1.82. The van der Waals surface area contributed by atoms with Gasteiger partial charge in [0.2, 0.25) is 0 Å². The van der Waals surface area contributed by atoms with E-state index in [1.165, 1.54) is 0 Å². The van der Waals surface area contributed by atoms with Crippen molar-refractivity contribution in [2.24, 2.45) is 5.92 Å². The monoisotopic (exact) mass is 230 g/mol. The highest BCUT2D eigenvalue weighted by Gasteiger charge is 2.16. The van der Waals surface area contributed by atoms with Gasteiger partial charge in [0.1, 0.15) is 0 Å². The number of rotatable bonds is 4. The summed E-state index contributed by atoms with van der Waals surface area (Å²) < 4.78 is 0. The summed E-state index contributed by atoms with van der Waals surface area (Å²) in [6.07, 6.45) is 0. The van der Waals surface area contributed by atoms with Gasteiger partial charge in [-0.1, -0.05) is 17.7 Å². The number of amides is 1. The average molecular weight is 230 g/mol. The summed E-state index contributed by atoms with van der Waals surface area (Å²) in [5.74, 6) is -0.140. The van der Waals surface area contributed by atoms with E-state index in [1.807, 2.05) is 45.0 Å². The number of carbonyl (C=O) groups excluding carboxylic acids is 1.